The quantitative estimate of drug-likeness (QED) is 0.807. The Labute approximate surface area is 163 Å². The second kappa shape index (κ2) is 7.43. The van der Waals surface area contributed by atoms with Gasteiger partial charge in [0.2, 0.25) is 11.8 Å². The number of morpholine rings is 1. The number of carbonyl (C=O) groups is 3. The molecule has 1 aromatic carbocycles. The first-order valence-corrected chi connectivity index (χ1v) is 9.71. The molecule has 1 aromatic rings. The van der Waals surface area contributed by atoms with Gasteiger partial charge in [-0.3, -0.25) is 14.4 Å². The minimum atomic E-state index is -0.911. The number of nitrogens with zero attached hydrogens (tertiary/aromatic N) is 2. The molecule has 1 N–H and O–H groups in total. The summed E-state index contributed by atoms with van der Waals surface area (Å²) in [5.74, 6) is 0.197. The third kappa shape index (κ3) is 3.69. The van der Waals surface area contributed by atoms with Crippen molar-refractivity contribution >= 4 is 17.7 Å². The first-order valence-electron chi connectivity index (χ1n) is 9.71. The summed E-state index contributed by atoms with van der Waals surface area (Å²) in [6, 6.07) is 5.50. The number of hydrogen-bond donors (Lipinski definition) is 1. The first kappa shape index (κ1) is 18.7. The van der Waals surface area contributed by atoms with Crippen molar-refractivity contribution in [3.63, 3.8) is 0 Å². The molecule has 8 nitrogen and oxygen atoms in total. The minimum Gasteiger partial charge on any atom is -0.467 e. The molecular weight excluding hydrogens is 362 g/mol. The van der Waals surface area contributed by atoms with Crippen LogP contribution >= 0.6 is 0 Å². The zero-order chi connectivity index (χ0) is 19.7. The van der Waals surface area contributed by atoms with Crippen molar-refractivity contribution in [2.45, 2.75) is 31.9 Å². The van der Waals surface area contributed by atoms with Crippen LogP contribution in [0.1, 0.15) is 35.2 Å². The third-order valence-corrected chi connectivity index (χ3v) is 5.60. The van der Waals surface area contributed by atoms with Gasteiger partial charge in [-0.05, 0) is 19.1 Å². The lowest BCUT2D eigenvalue weighted by molar-refractivity contribution is -0.142. The number of carbonyl (C=O) groups excluding carboxylic acids is 3. The number of fused-ring (bicyclic) bond motifs is 1. The SMILES string of the molecule is Cc1ccc2c(c1)C(=O)N[C@@]1(CCC(=O)N(CC(=O)N3CCOCC3)CC1)O2. The maximum absolute atomic E-state index is 12.6. The van der Waals surface area contributed by atoms with Crippen molar-refractivity contribution in [2.75, 3.05) is 39.4 Å². The molecule has 3 aliphatic heterocycles. The predicted molar refractivity (Wildman–Crippen MR) is 99.8 cm³/mol. The van der Waals surface area contributed by atoms with E-state index in [1.54, 1.807) is 21.9 Å². The van der Waals surface area contributed by atoms with Crippen LogP contribution in [0.4, 0.5) is 0 Å². The summed E-state index contributed by atoms with van der Waals surface area (Å²) in [5.41, 5.74) is 0.587. The number of aryl methyl sites for hydroxylation is 1. The van der Waals surface area contributed by atoms with Gasteiger partial charge in [0.05, 0.1) is 25.3 Å². The average molecular weight is 387 g/mol. The maximum atomic E-state index is 12.6. The molecule has 0 unspecified atom stereocenters. The summed E-state index contributed by atoms with van der Waals surface area (Å²) >= 11 is 0. The van der Waals surface area contributed by atoms with Crippen LogP contribution in [-0.4, -0.2) is 72.6 Å². The molecule has 0 saturated carbocycles. The van der Waals surface area contributed by atoms with Gasteiger partial charge < -0.3 is 24.6 Å². The Balaban J connectivity index is 1.45. The van der Waals surface area contributed by atoms with Gasteiger partial charge in [-0.2, -0.15) is 0 Å². The van der Waals surface area contributed by atoms with E-state index in [9.17, 15) is 14.4 Å². The Hall–Kier alpha value is -2.61. The summed E-state index contributed by atoms with van der Waals surface area (Å²) in [7, 11) is 0. The van der Waals surface area contributed by atoms with Gasteiger partial charge in [0, 0.05) is 38.9 Å². The number of ether oxygens (including phenoxy) is 2. The minimum absolute atomic E-state index is 0.0542. The van der Waals surface area contributed by atoms with Gasteiger partial charge >= 0.3 is 0 Å². The number of amides is 3. The molecule has 28 heavy (non-hydrogen) atoms. The maximum Gasteiger partial charge on any atom is 0.258 e. The van der Waals surface area contributed by atoms with Crippen LogP contribution in [-0.2, 0) is 14.3 Å². The lowest BCUT2D eigenvalue weighted by Crippen LogP contribution is -2.56. The fourth-order valence-electron chi connectivity index (χ4n) is 3.92. The molecular formula is C20H25N3O5. The van der Waals surface area contributed by atoms with E-state index in [0.29, 0.717) is 57.0 Å². The molecule has 150 valence electrons. The zero-order valence-electron chi connectivity index (χ0n) is 16.0. The van der Waals surface area contributed by atoms with E-state index >= 15 is 0 Å². The largest absolute Gasteiger partial charge is 0.467 e. The topological polar surface area (TPSA) is 88.2 Å². The highest BCUT2D eigenvalue weighted by Crippen LogP contribution is 2.34. The summed E-state index contributed by atoms with van der Waals surface area (Å²) in [5, 5.41) is 2.96. The molecule has 3 heterocycles. The van der Waals surface area contributed by atoms with Crippen LogP contribution < -0.4 is 10.1 Å². The molecule has 8 heteroatoms. The van der Waals surface area contributed by atoms with E-state index in [1.807, 2.05) is 13.0 Å². The van der Waals surface area contributed by atoms with Gasteiger partial charge in [0.15, 0.2) is 5.72 Å². The molecule has 0 aliphatic carbocycles. The second-order valence-corrected chi connectivity index (χ2v) is 7.61. The molecule has 0 radical (unpaired) electrons. The fourth-order valence-corrected chi connectivity index (χ4v) is 3.92. The van der Waals surface area contributed by atoms with Crippen molar-refractivity contribution < 1.29 is 23.9 Å². The average Bonchev–Trinajstić information content (AvgIpc) is 2.84. The van der Waals surface area contributed by atoms with Crippen LogP contribution in [0.3, 0.4) is 0 Å². The summed E-state index contributed by atoms with van der Waals surface area (Å²) in [6.07, 6.45) is 1.04. The second-order valence-electron chi connectivity index (χ2n) is 7.61. The first-order chi connectivity index (χ1) is 13.5. The smallest absolute Gasteiger partial charge is 0.258 e. The van der Waals surface area contributed by atoms with E-state index in [-0.39, 0.29) is 30.7 Å². The Morgan fingerprint density at radius 1 is 1.18 bits per heavy atom. The van der Waals surface area contributed by atoms with Crippen molar-refractivity contribution in [3.05, 3.63) is 29.3 Å². The molecule has 3 aliphatic rings. The third-order valence-electron chi connectivity index (χ3n) is 5.60. The number of rotatable bonds is 2. The number of likely N-dealkylation sites (tertiary alicyclic amines) is 1. The molecule has 2 fully saturated rings. The van der Waals surface area contributed by atoms with Gasteiger partial charge in [-0.25, -0.2) is 0 Å². The monoisotopic (exact) mass is 387 g/mol. The van der Waals surface area contributed by atoms with Crippen molar-refractivity contribution in [1.29, 1.82) is 0 Å². The summed E-state index contributed by atoms with van der Waals surface area (Å²) in [6.45, 7) is 4.50. The molecule has 0 aromatic heterocycles. The van der Waals surface area contributed by atoms with Gasteiger partial charge in [0.1, 0.15) is 5.75 Å². The van der Waals surface area contributed by atoms with E-state index in [0.717, 1.165) is 5.56 Å². The van der Waals surface area contributed by atoms with Crippen molar-refractivity contribution in [1.82, 2.24) is 15.1 Å². The molecule has 1 atom stereocenters. The highest BCUT2D eigenvalue weighted by atomic mass is 16.5. The van der Waals surface area contributed by atoms with Crippen LogP contribution in [0.25, 0.3) is 0 Å². The standard InChI is InChI=1S/C20H25N3O5/c1-14-2-3-16-15(12-14)19(26)21-20(28-16)5-4-17(24)23(7-6-20)13-18(25)22-8-10-27-11-9-22/h2-3,12H,4-11,13H2,1H3,(H,21,26)/t20-/m0/s1. The van der Waals surface area contributed by atoms with Crippen molar-refractivity contribution in [3.8, 4) is 5.75 Å². The van der Waals surface area contributed by atoms with E-state index in [4.69, 9.17) is 9.47 Å². The molecule has 2 saturated heterocycles. The van der Waals surface area contributed by atoms with E-state index in [1.165, 1.54) is 0 Å². The van der Waals surface area contributed by atoms with E-state index < -0.39 is 5.72 Å². The normalized spacial score (nSPS) is 25.0. The fraction of sp³-hybridized carbons (Fsp3) is 0.550. The lowest BCUT2D eigenvalue weighted by Gasteiger charge is -2.38. The van der Waals surface area contributed by atoms with E-state index in [2.05, 4.69) is 5.32 Å². The van der Waals surface area contributed by atoms with Crippen LogP contribution in [0.15, 0.2) is 18.2 Å². The molecule has 3 amide bonds. The Kier molecular flexibility index (Phi) is 4.97. The van der Waals surface area contributed by atoms with Gasteiger partial charge in [-0.1, -0.05) is 11.6 Å². The Bertz CT molecular complexity index is 805. The highest BCUT2D eigenvalue weighted by molar-refractivity contribution is 5.98. The molecule has 0 bridgehead atoms. The Morgan fingerprint density at radius 3 is 2.75 bits per heavy atom. The highest BCUT2D eigenvalue weighted by Gasteiger charge is 2.43. The number of nitrogens with one attached hydrogen (secondary N) is 1. The zero-order valence-corrected chi connectivity index (χ0v) is 16.0. The predicted octanol–water partition coefficient (Wildman–Crippen LogP) is 0.685. The number of benzene rings is 1. The Morgan fingerprint density at radius 2 is 1.96 bits per heavy atom. The lowest BCUT2D eigenvalue weighted by atomic mass is 9.99. The molecule has 4 rings (SSSR count). The number of hydrogen-bond acceptors (Lipinski definition) is 5. The van der Waals surface area contributed by atoms with Crippen LogP contribution in [0, 0.1) is 6.92 Å². The van der Waals surface area contributed by atoms with Gasteiger partial charge in [-0.15, -0.1) is 0 Å². The van der Waals surface area contributed by atoms with Gasteiger partial charge in [0.25, 0.3) is 5.91 Å². The van der Waals surface area contributed by atoms with Crippen LogP contribution in [0.2, 0.25) is 0 Å². The van der Waals surface area contributed by atoms with Crippen LogP contribution in [0.5, 0.6) is 5.75 Å². The summed E-state index contributed by atoms with van der Waals surface area (Å²) in [4.78, 5) is 41.0. The summed E-state index contributed by atoms with van der Waals surface area (Å²) < 4.78 is 11.4. The van der Waals surface area contributed by atoms with Crippen molar-refractivity contribution in [2.24, 2.45) is 0 Å². The molecule has 1 spiro atoms.